The second kappa shape index (κ2) is 9.41. The second-order valence-electron chi connectivity index (χ2n) is 9.53. The van der Waals surface area contributed by atoms with Gasteiger partial charge in [0.2, 0.25) is 0 Å². The summed E-state index contributed by atoms with van der Waals surface area (Å²) in [7, 11) is 0. The van der Waals surface area contributed by atoms with E-state index in [1.54, 1.807) is 12.1 Å². The Balaban J connectivity index is 1.41. The average molecular weight is 467 g/mol. The Morgan fingerprint density at radius 3 is 2.40 bits per heavy atom. The lowest BCUT2D eigenvalue weighted by molar-refractivity contribution is 0.0697. The molecule has 3 aromatic carbocycles. The fourth-order valence-electron chi connectivity index (χ4n) is 5.23. The molecule has 0 atom stereocenters. The fourth-order valence-corrected chi connectivity index (χ4v) is 5.23. The SMILES string of the molecule is Cc1c(C)n(Cc2ccc(-c3ccccc3C(=O)O)cc2)c2ccc(C(=O)NC3CCCC3)cc12. The number of aromatic nitrogens is 1. The Labute approximate surface area is 205 Å². The van der Waals surface area contributed by atoms with Crippen LogP contribution in [-0.2, 0) is 6.54 Å². The zero-order valence-electron chi connectivity index (χ0n) is 20.2. The van der Waals surface area contributed by atoms with E-state index in [2.05, 4.69) is 41.9 Å². The molecule has 5 rings (SSSR count). The molecule has 1 heterocycles. The monoisotopic (exact) mass is 466 g/mol. The van der Waals surface area contributed by atoms with Gasteiger partial charge in [0.15, 0.2) is 0 Å². The van der Waals surface area contributed by atoms with Crippen molar-refractivity contribution in [3.05, 3.63) is 94.7 Å². The maximum absolute atomic E-state index is 12.8. The number of nitrogens with zero attached hydrogens (tertiary/aromatic N) is 1. The van der Waals surface area contributed by atoms with E-state index in [-0.39, 0.29) is 5.91 Å². The number of aromatic carboxylic acids is 1. The van der Waals surface area contributed by atoms with Crippen LogP contribution in [0.3, 0.4) is 0 Å². The molecule has 0 spiro atoms. The van der Waals surface area contributed by atoms with E-state index in [1.807, 2.05) is 36.4 Å². The molecule has 5 nitrogen and oxygen atoms in total. The summed E-state index contributed by atoms with van der Waals surface area (Å²) in [6.07, 6.45) is 4.53. The van der Waals surface area contributed by atoms with Crippen molar-refractivity contribution < 1.29 is 14.7 Å². The molecule has 1 fully saturated rings. The molecule has 4 aromatic rings. The number of hydrogen-bond donors (Lipinski definition) is 2. The van der Waals surface area contributed by atoms with E-state index in [9.17, 15) is 14.7 Å². The highest BCUT2D eigenvalue weighted by Crippen LogP contribution is 2.29. The summed E-state index contributed by atoms with van der Waals surface area (Å²) in [6, 6.07) is 21.4. The van der Waals surface area contributed by atoms with Gasteiger partial charge in [0.1, 0.15) is 0 Å². The summed E-state index contributed by atoms with van der Waals surface area (Å²) in [5.41, 5.74) is 7.21. The van der Waals surface area contributed by atoms with Gasteiger partial charge < -0.3 is 15.0 Å². The van der Waals surface area contributed by atoms with Gasteiger partial charge in [-0.1, -0.05) is 55.3 Å². The van der Waals surface area contributed by atoms with Crippen LogP contribution in [0.5, 0.6) is 0 Å². The summed E-state index contributed by atoms with van der Waals surface area (Å²) in [5, 5.41) is 13.8. The molecule has 178 valence electrons. The Bertz CT molecular complexity index is 1410. The lowest BCUT2D eigenvalue weighted by Crippen LogP contribution is -2.32. The molecule has 0 radical (unpaired) electrons. The van der Waals surface area contributed by atoms with Crippen LogP contribution >= 0.6 is 0 Å². The Hall–Kier alpha value is -3.86. The lowest BCUT2D eigenvalue weighted by Gasteiger charge is -2.13. The summed E-state index contributed by atoms with van der Waals surface area (Å²) < 4.78 is 2.28. The van der Waals surface area contributed by atoms with Crippen LogP contribution in [0.25, 0.3) is 22.0 Å². The van der Waals surface area contributed by atoms with Gasteiger partial charge in [-0.15, -0.1) is 0 Å². The van der Waals surface area contributed by atoms with Crippen LogP contribution < -0.4 is 5.32 Å². The minimum Gasteiger partial charge on any atom is -0.478 e. The zero-order chi connectivity index (χ0) is 24.5. The molecule has 5 heteroatoms. The van der Waals surface area contributed by atoms with E-state index in [4.69, 9.17) is 0 Å². The van der Waals surface area contributed by atoms with Crippen molar-refractivity contribution in [2.24, 2.45) is 0 Å². The van der Waals surface area contributed by atoms with Crippen molar-refractivity contribution in [2.45, 2.75) is 52.1 Å². The number of carboxylic acids is 1. The first-order valence-corrected chi connectivity index (χ1v) is 12.2. The first kappa shape index (κ1) is 22.9. The number of fused-ring (bicyclic) bond motifs is 1. The van der Waals surface area contributed by atoms with E-state index in [1.165, 1.54) is 24.1 Å². The van der Waals surface area contributed by atoms with E-state index >= 15 is 0 Å². The number of carbonyl (C=O) groups excluding carboxylic acids is 1. The van der Waals surface area contributed by atoms with Gasteiger partial charge in [0.25, 0.3) is 5.91 Å². The molecule has 1 amide bonds. The van der Waals surface area contributed by atoms with Crippen molar-refractivity contribution in [3.8, 4) is 11.1 Å². The normalized spacial score (nSPS) is 13.9. The lowest BCUT2D eigenvalue weighted by atomic mass is 9.99. The van der Waals surface area contributed by atoms with Gasteiger partial charge in [-0.2, -0.15) is 0 Å². The Morgan fingerprint density at radius 1 is 0.971 bits per heavy atom. The molecule has 2 N–H and O–H groups in total. The quantitative estimate of drug-likeness (QED) is 0.348. The summed E-state index contributed by atoms with van der Waals surface area (Å²) in [4.78, 5) is 24.4. The van der Waals surface area contributed by atoms with Crippen molar-refractivity contribution in [1.82, 2.24) is 9.88 Å². The average Bonchev–Trinajstić information content (AvgIpc) is 3.47. The highest BCUT2D eigenvalue weighted by Gasteiger charge is 2.19. The third kappa shape index (κ3) is 4.46. The first-order valence-electron chi connectivity index (χ1n) is 12.2. The minimum atomic E-state index is -0.925. The fraction of sp³-hybridized carbons (Fsp3) is 0.267. The number of benzene rings is 3. The smallest absolute Gasteiger partial charge is 0.336 e. The van der Waals surface area contributed by atoms with Crippen LogP contribution in [0.4, 0.5) is 0 Å². The summed E-state index contributed by atoms with van der Waals surface area (Å²) >= 11 is 0. The molecule has 0 saturated heterocycles. The molecular formula is C30H30N2O3. The Kier molecular flexibility index (Phi) is 6.16. The van der Waals surface area contributed by atoms with Crippen molar-refractivity contribution in [3.63, 3.8) is 0 Å². The number of rotatable bonds is 6. The van der Waals surface area contributed by atoms with Crippen LogP contribution in [0.1, 0.15) is 63.2 Å². The van der Waals surface area contributed by atoms with Gasteiger partial charge in [-0.25, -0.2) is 4.79 Å². The molecule has 1 aromatic heterocycles. The second-order valence-corrected chi connectivity index (χ2v) is 9.53. The van der Waals surface area contributed by atoms with Gasteiger partial charge in [0.05, 0.1) is 5.56 Å². The number of carboxylic acid groups (broad SMARTS) is 1. The maximum Gasteiger partial charge on any atom is 0.336 e. The van der Waals surface area contributed by atoms with Gasteiger partial charge in [-0.3, -0.25) is 4.79 Å². The van der Waals surface area contributed by atoms with E-state index < -0.39 is 5.97 Å². The number of hydrogen-bond acceptors (Lipinski definition) is 2. The highest BCUT2D eigenvalue weighted by molar-refractivity contribution is 5.99. The molecule has 0 aliphatic heterocycles. The Morgan fingerprint density at radius 2 is 1.69 bits per heavy atom. The van der Waals surface area contributed by atoms with E-state index in [0.717, 1.165) is 34.9 Å². The topological polar surface area (TPSA) is 71.3 Å². The van der Waals surface area contributed by atoms with Crippen LogP contribution in [0.2, 0.25) is 0 Å². The molecule has 1 aliphatic rings. The number of nitrogens with one attached hydrogen (secondary N) is 1. The van der Waals surface area contributed by atoms with Crippen LogP contribution in [0.15, 0.2) is 66.7 Å². The van der Waals surface area contributed by atoms with Crippen LogP contribution in [0, 0.1) is 13.8 Å². The number of amides is 1. The highest BCUT2D eigenvalue weighted by atomic mass is 16.4. The number of carbonyl (C=O) groups is 2. The first-order chi connectivity index (χ1) is 16.9. The molecule has 0 unspecified atom stereocenters. The van der Waals surface area contributed by atoms with Crippen molar-refractivity contribution >= 4 is 22.8 Å². The molecule has 1 saturated carbocycles. The predicted molar refractivity (Wildman–Crippen MR) is 139 cm³/mol. The molecule has 0 bridgehead atoms. The van der Waals surface area contributed by atoms with E-state index in [0.29, 0.717) is 29.3 Å². The van der Waals surface area contributed by atoms with Gasteiger partial charge in [-0.05, 0) is 73.2 Å². The summed E-state index contributed by atoms with van der Waals surface area (Å²) in [5.74, 6) is -0.910. The standard InChI is InChI=1S/C30H30N2O3/c1-19-20(2)32(28-16-15-23(17-27(19)28)29(33)31-24-7-3-4-8-24)18-21-11-13-22(14-12-21)25-9-5-6-10-26(25)30(34)35/h5-6,9-17,24H,3-4,7-8,18H2,1-2H3,(H,31,33)(H,34,35). The maximum atomic E-state index is 12.8. The minimum absolute atomic E-state index is 0.0147. The molecular weight excluding hydrogens is 436 g/mol. The summed E-state index contributed by atoms with van der Waals surface area (Å²) in [6.45, 7) is 4.93. The van der Waals surface area contributed by atoms with Crippen molar-refractivity contribution in [2.75, 3.05) is 0 Å². The predicted octanol–water partition coefficient (Wildman–Crippen LogP) is 6.34. The molecule has 35 heavy (non-hydrogen) atoms. The third-order valence-electron chi connectivity index (χ3n) is 7.35. The number of aryl methyl sites for hydroxylation is 1. The third-order valence-corrected chi connectivity index (χ3v) is 7.35. The van der Waals surface area contributed by atoms with Crippen LogP contribution in [-0.4, -0.2) is 27.6 Å². The molecule has 1 aliphatic carbocycles. The van der Waals surface area contributed by atoms with Gasteiger partial charge >= 0.3 is 5.97 Å². The zero-order valence-corrected chi connectivity index (χ0v) is 20.2. The van der Waals surface area contributed by atoms with Gasteiger partial charge in [0, 0.05) is 34.7 Å². The van der Waals surface area contributed by atoms with Crippen molar-refractivity contribution in [1.29, 1.82) is 0 Å². The largest absolute Gasteiger partial charge is 0.478 e.